The molecule has 0 unspecified atom stereocenters. The lowest BCUT2D eigenvalue weighted by Gasteiger charge is -2.22. The van der Waals surface area contributed by atoms with E-state index in [0.29, 0.717) is 25.8 Å². The maximum atomic E-state index is 11.6. The fraction of sp³-hybridized carbons (Fsp3) is 0.867. The third-order valence-electron chi connectivity index (χ3n) is 3.67. The molecule has 0 heterocycles. The number of nitrogens with one attached hydrogen (secondary N) is 1. The summed E-state index contributed by atoms with van der Waals surface area (Å²) in [6, 6.07) is 0. The van der Waals surface area contributed by atoms with Gasteiger partial charge in [-0.05, 0) is 26.3 Å². The summed E-state index contributed by atoms with van der Waals surface area (Å²) in [4.78, 5) is 23.8. The zero-order chi connectivity index (χ0) is 15.5. The number of carboxylic acid groups (broad SMARTS) is 1. The van der Waals surface area contributed by atoms with Crippen LogP contribution in [0.15, 0.2) is 0 Å². The zero-order valence-corrected chi connectivity index (χ0v) is 14.2. The molecule has 0 bridgehead atoms. The van der Waals surface area contributed by atoms with Crippen molar-refractivity contribution < 1.29 is 19.4 Å². The van der Waals surface area contributed by atoms with Crippen molar-refractivity contribution in [1.29, 1.82) is 0 Å². The molecule has 1 saturated carbocycles. The van der Waals surface area contributed by atoms with Gasteiger partial charge in [0, 0.05) is 19.7 Å². The lowest BCUT2D eigenvalue weighted by Crippen LogP contribution is -2.36. The Morgan fingerprint density at radius 1 is 1.27 bits per heavy atom. The molecule has 0 aliphatic heterocycles. The first-order valence-corrected chi connectivity index (χ1v) is 7.86. The van der Waals surface area contributed by atoms with E-state index in [9.17, 15) is 9.59 Å². The molecule has 0 radical (unpaired) electrons. The van der Waals surface area contributed by atoms with Crippen molar-refractivity contribution in [2.24, 2.45) is 0 Å². The number of likely N-dealkylation sites (N-methyl/N-ethyl adjacent to an activating group) is 1. The number of hydrogen-bond acceptors (Lipinski definition) is 4. The van der Waals surface area contributed by atoms with E-state index in [-0.39, 0.29) is 31.3 Å². The van der Waals surface area contributed by atoms with Crippen LogP contribution in [0, 0.1) is 0 Å². The summed E-state index contributed by atoms with van der Waals surface area (Å²) in [5.74, 6) is -0.914. The summed E-state index contributed by atoms with van der Waals surface area (Å²) in [6.07, 6.45) is 7.48. The highest BCUT2D eigenvalue weighted by Crippen LogP contribution is 2.20. The second kappa shape index (κ2) is 12.7. The Hall–Kier alpha value is -0.850. The standard InChI is InChI=1S/C15H28N2O4.ClH/c1-17(10-8-15(19)20)12-14(18)16-9-5-11-21-13-6-3-2-4-7-13;/h13H,2-12H2,1H3,(H,16,18)(H,19,20);1H. The van der Waals surface area contributed by atoms with Gasteiger partial charge in [0.2, 0.25) is 5.91 Å². The summed E-state index contributed by atoms with van der Waals surface area (Å²) in [5.41, 5.74) is 0. The van der Waals surface area contributed by atoms with Crippen molar-refractivity contribution >= 4 is 24.3 Å². The average molecular weight is 337 g/mol. The Labute approximate surface area is 139 Å². The van der Waals surface area contributed by atoms with Gasteiger partial charge >= 0.3 is 5.97 Å². The van der Waals surface area contributed by atoms with E-state index < -0.39 is 5.97 Å². The van der Waals surface area contributed by atoms with E-state index in [0.717, 1.165) is 6.42 Å². The number of ether oxygens (including phenoxy) is 1. The lowest BCUT2D eigenvalue weighted by atomic mass is 9.98. The Bertz CT molecular complexity index is 323. The lowest BCUT2D eigenvalue weighted by molar-refractivity contribution is -0.137. The molecular weight excluding hydrogens is 308 g/mol. The first kappa shape index (κ1) is 21.1. The Morgan fingerprint density at radius 3 is 2.59 bits per heavy atom. The predicted octanol–water partition coefficient (Wildman–Crippen LogP) is 1.67. The van der Waals surface area contributed by atoms with Crippen LogP contribution in [0.1, 0.15) is 44.9 Å². The molecule has 130 valence electrons. The Balaban J connectivity index is 0.00000441. The highest BCUT2D eigenvalue weighted by atomic mass is 35.5. The quantitative estimate of drug-likeness (QED) is 0.593. The highest BCUT2D eigenvalue weighted by molar-refractivity contribution is 5.85. The van der Waals surface area contributed by atoms with Crippen molar-refractivity contribution in [1.82, 2.24) is 10.2 Å². The van der Waals surface area contributed by atoms with Crippen LogP contribution in [0.5, 0.6) is 0 Å². The molecular formula is C15H29ClN2O4. The van der Waals surface area contributed by atoms with E-state index >= 15 is 0 Å². The summed E-state index contributed by atoms with van der Waals surface area (Å²) >= 11 is 0. The van der Waals surface area contributed by atoms with E-state index in [4.69, 9.17) is 9.84 Å². The summed E-state index contributed by atoms with van der Waals surface area (Å²) in [5, 5.41) is 11.4. The van der Waals surface area contributed by atoms with Crippen molar-refractivity contribution in [2.75, 3.05) is 33.3 Å². The van der Waals surface area contributed by atoms with Crippen LogP contribution >= 0.6 is 12.4 Å². The van der Waals surface area contributed by atoms with Crippen molar-refractivity contribution in [3.8, 4) is 0 Å². The molecule has 1 aliphatic carbocycles. The van der Waals surface area contributed by atoms with E-state index in [1.165, 1.54) is 32.1 Å². The monoisotopic (exact) mass is 336 g/mol. The molecule has 0 aromatic carbocycles. The van der Waals surface area contributed by atoms with Gasteiger partial charge in [-0.3, -0.25) is 14.5 Å². The highest BCUT2D eigenvalue weighted by Gasteiger charge is 2.13. The number of carboxylic acids is 1. The number of rotatable bonds is 10. The minimum atomic E-state index is -0.845. The van der Waals surface area contributed by atoms with Gasteiger partial charge in [0.1, 0.15) is 0 Å². The minimum Gasteiger partial charge on any atom is -0.481 e. The fourth-order valence-electron chi connectivity index (χ4n) is 2.45. The first-order chi connectivity index (χ1) is 10.1. The second-order valence-corrected chi connectivity index (χ2v) is 5.72. The van der Waals surface area contributed by atoms with Crippen LogP contribution in [-0.2, 0) is 14.3 Å². The normalized spacial score (nSPS) is 15.4. The van der Waals surface area contributed by atoms with Crippen LogP contribution in [-0.4, -0.2) is 61.3 Å². The van der Waals surface area contributed by atoms with Crippen LogP contribution in [0.2, 0.25) is 0 Å². The molecule has 0 saturated heterocycles. The Morgan fingerprint density at radius 2 is 1.95 bits per heavy atom. The largest absolute Gasteiger partial charge is 0.481 e. The summed E-state index contributed by atoms with van der Waals surface area (Å²) < 4.78 is 5.78. The molecule has 7 heteroatoms. The third-order valence-corrected chi connectivity index (χ3v) is 3.67. The molecule has 1 fully saturated rings. The van der Waals surface area contributed by atoms with Gasteiger partial charge in [-0.1, -0.05) is 19.3 Å². The van der Waals surface area contributed by atoms with Crippen molar-refractivity contribution in [3.05, 3.63) is 0 Å². The summed E-state index contributed by atoms with van der Waals surface area (Å²) in [7, 11) is 1.74. The van der Waals surface area contributed by atoms with Gasteiger partial charge in [0.15, 0.2) is 0 Å². The number of halogens is 1. The maximum Gasteiger partial charge on any atom is 0.304 e. The van der Waals surface area contributed by atoms with Crippen LogP contribution in [0.4, 0.5) is 0 Å². The molecule has 1 amide bonds. The molecule has 0 aromatic rings. The number of amides is 1. The van der Waals surface area contributed by atoms with Crippen molar-refractivity contribution in [3.63, 3.8) is 0 Å². The second-order valence-electron chi connectivity index (χ2n) is 5.72. The van der Waals surface area contributed by atoms with E-state index in [1.807, 2.05) is 0 Å². The topological polar surface area (TPSA) is 78.9 Å². The smallest absolute Gasteiger partial charge is 0.304 e. The average Bonchev–Trinajstić information content (AvgIpc) is 2.46. The molecule has 1 rings (SSSR count). The third kappa shape index (κ3) is 10.8. The Kier molecular flexibility index (Phi) is 12.2. The first-order valence-electron chi connectivity index (χ1n) is 7.86. The number of aliphatic carboxylic acids is 1. The SMILES string of the molecule is CN(CCC(=O)O)CC(=O)NCCCOC1CCCCC1.Cl. The number of hydrogen-bond donors (Lipinski definition) is 2. The molecule has 0 aromatic heterocycles. The van der Waals surface area contributed by atoms with Gasteiger partial charge in [-0.25, -0.2) is 0 Å². The predicted molar refractivity (Wildman–Crippen MR) is 87.4 cm³/mol. The van der Waals surface area contributed by atoms with Gasteiger partial charge in [-0.15, -0.1) is 12.4 Å². The van der Waals surface area contributed by atoms with Gasteiger partial charge in [0.05, 0.1) is 19.1 Å². The zero-order valence-electron chi connectivity index (χ0n) is 13.4. The minimum absolute atomic E-state index is 0. The summed E-state index contributed by atoms with van der Waals surface area (Å²) in [6.45, 7) is 1.92. The van der Waals surface area contributed by atoms with E-state index in [1.54, 1.807) is 11.9 Å². The molecule has 0 spiro atoms. The van der Waals surface area contributed by atoms with Crippen LogP contribution in [0.3, 0.4) is 0 Å². The van der Waals surface area contributed by atoms with Gasteiger partial charge < -0.3 is 15.2 Å². The molecule has 0 atom stereocenters. The van der Waals surface area contributed by atoms with Gasteiger partial charge in [0.25, 0.3) is 0 Å². The number of nitrogens with zero attached hydrogens (tertiary/aromatic N) is 1. The van der Waals surface area contributed by atoms with Crippen LogP contribution in [0.25, 0.3) is 0 Å². The number of carbonyl (C=O) groups excluding carboxylic acids is 1. The molecule has 22 heavy (non-hydrogen) atoms. The maximum absolute atomic E-state index is 11.6. The fourth-order valence-corrected chi connectivity index (χ4v) is 2.45. The van der Waals surface area contributed by atoms with Crippen molar-refractivity contribution in [2.45, 2.75) is 51.0 Å². The van der Waals surface area contributed by atoms with E-state index in [2.05, 4.69) is 5.32 Å². The molecule has 6 nitrogen and oxygen atoms in total. The van der Waals surface area contributed by atoms with Gasteiger partial charge in [-0.2, -0.15) is 0 Å². The number of carbonyl (C=O) groups is 2. The molecule has 1 aliphatic rings. The molecule has 2 N–H and O–H groups in total. The van der Waals surface area contributed by atoms with Crippen LogP contribution < -0.4 is 5.32 Å².